The van der Waals surface area contributed by atoms with Crippen LogP contribution >= 0.6 is 0 Å². The van der Waals surface area contributed by atoms with Gasteiger partial charge in [0.15, 0.2) is 0 Å². The van der Waals surface area contributed by atoms with Crippen LogP contribution in [0.4, 0.5) is 13.2 Å². The Labute approximate surface area is 118 Å². The van der Waals surface area contributed by atoms with Crippen LogP contribution in [0.2, 0.25) is 0 Å². The third kappa shape index (κ3) is 7.19. The van der Waals surface area contributed by atoms with Gasteiger partial charge >= 0.3 is 12.3 Å². The molecule has 2 N–H and O–H groups in total. The average Bonchev–Trinajstić information content (AvgIpc) is 2.36. The van der Waals surface area contributed by atoms with E-state index in [2.05, 4.69) is 10.1 Å². The highest BCUT2D eigenvalue weighted by Crippen LogP contribution is 2.23. The number of carboxylic acids is 1. The summed E-state index contributed by atoms with van der Waals surface area (Å²) < 4.78 is 39.9. The molecule has 1 aromatic carbocycles. The van der Waals surface area contributed by atoms with Crippen molar-refractivity contribution in [2.75, 3.05) is 6.54 Å². The van der Waals surface area contributed by atoms with Gasteiger partial charge in [-0.1, -0.05) is 6.07 Å². The van der Waals surface area contributed by atoms with Crippen molar-refractivity contribution in [3.05, 3.63) is 29.8 Å². The lowest BCUT2D eigenvalue weighted by Crippen LogP contribution is -2.24. The molecule has 0 radical (unpaired) electrons. The minimum absolute atomic E-state index is 0.00474. The number of hydrogen-bond acceptors (Lipinski definition) is 3. The maximum Gasteiger partial charge on any atom is 0.573 e. The Balaban J connectivity index is 2.47. The second kappa shape index (κ2) is 7.51. The number of carbonyl (C=O) groups excluding carboxylic acids is 1. The van der Waals surface area contributed by atoms with Crippen molar-refractivity contribution < 1.29 is 32.6 Å². The number of benzene rings is 1. The van der Waals surface area contributed by atoms with E-state index in [1.165, 1.54) is 12.1 Å². The Morgan fingerprint density at radius 2 is 1.95 bits per heavy atom. The maximum absolute atomic E-state index is 12.1. The van der Waals surface area contributed by atoms with Crippen molar-refractivity contribution in [2.45, 2.75) is 25.6 Å². The van der Waals surface area contributed by atoms with Crippen LogP contribution in [0.1, 0.15) is 29.6 Å². The van der Waals surface area contributed by atoms with E-state index in [9.17, 15) is 22.8 Å². The molecule has 0 bridgehead atoms. The summed E-state index contributed by atoms with van der Waals surface area (Å²) in [7, 11) is 0. The Hall–Kier alpha value is -2.25. The summed E-state index contributed by atoms with van der Waals surface area (Å²) >= 11 is 0. The Kier molecular flexibility index (Phi) is 6.01. The summed E-state index contributed by atoms with van der Waals surface area (Å²) in [6.07, 6.45) is -3.93. The molecule has 1 aromatic rings. The highest BCUT2D eigenvalue weighted by Gasteiger charge is 2.31. The second-order valence-electron chi connectivity index (χ2n) is 4.18. The van der Waals surface area contributed by atoms with E-state index in [-0.39, 0.29) is 18.5 Å². The van der Waals surface area contributed by atoms with E-state index in [0.29, 0.717) is 12.8 Å². The molecule has 0 unspecified atom stereocenters. The van der Waals surface area contributed by atoms with Gasteiger partial charge < -0.3 is 15.2 Å². The van der Waals surface area contributed by atoms with E-state index in [0.717, 1.165) is 12.1 Å². The lowest BCUT2D eigenvalue weighted by molar-refractivity contribution is -0.274. The summed E-state index contributed by atoms with van der Waals surface area (Å²) in [5, 5.41) is 10.9. The number of carbonyl (C=O) groups is 2. The highest BCUT2D eigenvalue weighted by atomic mass is 19.4. The van der Waals surface area contributed by atoms with Gasteiger partial charge in [-0.3, -0.25) is 9.59 Å². The van der Waals surface area contributed by atoms with Gasteiger partial charge in [-0.2, -0.15) is 0 Å². The molecule has 0 aliphatic rings. The number of hydrogen-bond donors (Lipinski definition) is 2. The molecule has 1 amide bonds. The van der Waals surface area contributed by atoms with Crippen LogP contribution in [-0.2, 0) is 4.79 Å². The van der Waals surface area contributed by atoms with E-state index in [1.54, 1.807) is 0 Å². The Bertz CT molecular complexity index is 502. The predicted molar refractivity (Wildman–Crippen MR) is 66.9 cm³/mol. The molecule has 116 valence electrons. The molecule has 0 aliphatic carbocycles. The van der Waals surface area contributed by atoms with E-state index in [1.807, 2.05) is 0 Å². The molecule has 0 aliphatic heterocycles. The minimum Gasteiger partial charge on any atom is -0.481 e. The third-order valence-electron chi connectivity index (χ3n) is 2.43. The molecule has 5 nitrogen and oxygen atoms in total. The van der Waals surface area contributed by atoms with E-state index >= 15 is 0 Å². The zero-order valence-electron chi connectivity index (χ0n) is 10.9. The molecule has 21 heavy (non-hydrogen) atoms. The van der Waals surface area contributed by atoms with Crippen LogP contribution in [0.3, 0.4) is 0 Å². The molecular formula is C13H14F3NO4. The number of aliphatic carboxylic acids is 1. The van der Waals surface area contributed by atoms with Gasteiger partial charge in [-0.25, -0.2) is 0 Å². The van der Waals surface area contributed by atoms with Crippen molar-refractivity contribution in [3.63, 3.8) is 0 Å². The first-order valence-electron chi connectivity index (χ1n) is 6.14. The molecule has 0 atom stereocenters. The highest BCUT2D eigenvalue weighted by molar-refractivity contribution is 5.94. The number of carboxylic acid groups (broad SMARTS) is 1. The summed E-state index contributed by atoms with van der Waals surface area (Å²) in [5.74, 6) is -1.93. The smallest absolute Gasteiger partial charge is 0.481 e. The van der Waals surface area contributed by atoms with Crippen molar-refractivity contribution in [2.24, 2.45) is 0 Å². The number of nitrogens with one attached hydrogen (secondary N) is 1. The molecule has 8 heteroatoms. The fourth-order valence-electron chi connectivity index (χ4n) is 1.54. The van der Waals surface area contributed by atoms with E-state index in [4.69, 9.17) is 5.11 Å². The van der Waals surface area contributed by atoms with Gasteiger partial charge in [0, 0.05) is 18.5 Å². The average molecular weight is 305 g/mol. The van der Waals surface area contributed by atoms with Crippen LogP contribution in [0.5, 0.6) is 5.75 Å². The van der Waals surface area contributed by atoms with Crippen LogP contribution in [0.25, 0.3) is 0 Å². The van der Waals surface area contributed by atoms with Crippen LogP contribution in [-0.4, -0.2) is 29.9 Å². The van der Waals surface area contributed by atoms with Gasteiger partial charge in [0.2, 0.25) is 0 Å². The monoisotopic (exact) mass is 305 g/mol. The van der Waals surface area contributed by atoms with Crippen molar-refractivity contribution >= 4 is 11.9 Å². The Morgan fingerprint density at radius 1 is 1.24 bits per heavy atom. The lowest BCUT2D eigenvalue weighted by atomic mass is 10.2. The summed E-state index contributed by atoms with van der Waals surface area (Å²) in [6, 6.07) is 4.72. The standard InChI is InChI=1S/C13H14F3NO4/c14-13(15,16)21-10-5-3-4-9(8-10)12(20)17-7-2-1-6-11(18)19/h3-5,8H,1-2,6-7H2,(H,17,20)(H,18,19). The van der Waals surface area contributed by atoms with Gasteiger partial charge in [0.1, 0.15) is 5.75 Å². The topological polar surface area (TPSA) is 75.6 Å². The number of alkyl halides is 3. The molecule has 0 heterocycles. The molecule has 1 rings (SSSR count). The van der Waals surface area contributed by atoms with Crippen molar-refractivity contribution in [3.8, 4) is 5.75 Å². The number of amides is 1. The molecule has 0 fully saturated rings. The molecule has 0 aromatic heterocycles. The zero-order valence-corrected chi connectivity index (χ0v) is 10.9. The molecule has 0 spiro atoms. The van der Waals surface area contributed by atoms with Crippen LogP contribution < -0.4 is 10.1 Å². The minimum atomic E-state index is -4.81. The first-order valence-corrected chi connectivity index (χ1v) is 6.14. The first kappa shape index (κ1) is 16.8. The number of rotatable bonds is 7. The van der Waals surface area contributed by atoms with Gasteiger partial charge in [0.25, 0.3) is 5.91 Å². The quantitative estimate of drug-likeness (QED) is 0.759. The SMILES string of the molecule is O=C(O)CCCCNC(=O)c1cccc(OC(F)(F)F)c1. The van der Waals surface area contributed by atoms with Gasteiger partial charge in [0.05, 0.1) is 0 Å². The fraction of sp³-hybridized carbons (Fsp3) is 0.385. The second-order valence-corrected chi connectivity index (χ2v) is 4.18. The van der Waals surface area contributed by atoms with Crippen LogP contribution in [0, 0.1) is 0 Å². The van der Waals surface area contributed by atoms with Crippen LogP contribution in [0.15, 0.2) is 24.3 Å². The third-order valence-corrected chi connectivity index (χ3v) is 2.43. The normalized spacial score (nSPS) is 11.0. The molecule has 0 saturated heterocycles. The van der Waals surface area contributed by atoms with Gasteiger partial charge in [-0.05, 0) is 31.0 Å². The zero-order chi connectivity index (χ0) is 15.9. The summed E-state index contributed by atoms with van der Waals surface area (Å²) in [4.78, 5) is 22.0. The van der Waals surface area contributed by atoms with Crippen molar-refractivity contribution in [1.82, 2.24) is 5.32 Å². The first-order chi connectivity index (χ1) is 9.78. The summed E-state index contributed by atoms with van der Waals surface area (Å²) in [5.41, 5.74) is 0.0370. The van der Waals surface area contributed by atoms with E-state index < -0.39 is 24.0 Å². The lowest BCUT2D eigenvalue weighted by Gasteiger charge is -2.10. The molecular weight excluding hydrogens is 291 g/mol. The maximum atomic E-state index is 12.1. The Morgan fingerprint density at radius 3 is 2.57 bits per heavy atom. The largest absolute Gasteiger partial charge is 0.573 e. The van der Waals surface area contributed by atoms with Crippen molar-refractivity contribution in [1.29, 1.82) is 0 Å². The number of halogens is 3. The van der Waals surface area contributed by atoms with Gasteiger partial charge in [-0.15, -0.1) is 13.2 Å². The predicted octanol–water partition coefficient (Wildman–Crippen LogP) is 2.57. The number of unbranched alkanes of at least 4 members (excludes halogenated alkanes) is 1. The number of ether oxygens (including phenoxy) is 1. The summed E-state index contributed by atoms with van der Waals surface area (Å²) in [6.45, 7) is 0.246. The fourth-order valence-corrected chi connectivity index (χ4v) is 1.54. The molecule has 0 saturated carbocycles.